The molecule has 0 spiro atoms. The van der Waals surface area contributed by atoms with Crippen molar-refractivity contribution in [1.29, 1.82) is 0 Å². The summed E-state index contributed by atoms with van der Waals surface area (Å²) in [5.41, 5.74) is 2.50. The van der Waals surface area contributed by atoms with E-state index in [1.54, 1.807) is 34.0 Å². The van der Waals surface area contributed by atoms with Crippen molar-refractivity contribution in [2.45, 2.75) is 32.6 Å². The molecule has 0 radical (unpaired) electrons. The standard InChI is InChI=1S/C21H26N4O4S/c1-14(2)18-7-8-25(23-18)19-13-16(22-20(26)15-3-4-15)5-6-17(19)21(27)24-9-11-30(28,29)12-10-24/h5-8,13-15H,3-4,9-12H2,1-2H3,(H,22,26). The van der Waals surface area contributed by atoms with E-state index in [1.807, 2.05) is 19.9 Å². The lowest BCUT2D eigenvalue weighted by Gasteiger charge is -2.27. The lowest BCUT2D eigenvalue weighted by Crippen LogP contribution is -2.44. The van der Waals surface area contributed by atoms with Crippen LogP contribution in [-0.2, 0) is 14.6 Å². The zero-order valence-electron chi connectivity index (χ0n) is 17.2. The summed E-state index contributed by atoms with van der Waals surface area (Å²) in [5, 5.41) is 7.51. The highest BCUT2D eigenvalue weighted by Gasteiger charge is 2.30. The first-order valence-electron chi connectivity index (χ1n) is 10.2. The molecule has 2 aromatic rings. The van der Waals surface area contributed by atoms with Crippen LogP contribution in [0.4, 0.5) is 5.69 Å². The Bertz CT molecular complexity index is 1070. The van der Waals surface area contributed by atoms with Crippen LogP contribution < -0.4 is 5.32 Å². The maximum Gasteiger partial charge on any atom is 0.256 e. The van der Waals surface area contributed by atoms with E-state index >= 15 is 0 Å². The topological polar surface area (TPSA) is 101 Å². The van der Waals surface area contributed by atoms with Gasteiger partial charge in [0.1, 0.15) is 0 Å². The molecule has 160 valence electrons. The molecule has 0 unspecified atom stereocenters. The fraction of sp³-hybridized carbons (Fsp3) is 0.476. The Labute approximate surface area is 176 Å². The molecule has 1 aromatic heterocycles. The molecule has 2 amide bonds. The molecule has 2 heterocycles. The Morgan fingerprint density at radius 1 is 1.13 bits per heavy atom. The molecule has 1 saturated heterocycles. The minimum Gasteiger partial charge on any atom is -0.337 e. The number of sulfone groups is 1. The van der Waals surface area contributed by atoms with Crippen molar-refractivity contribution in [3.63, 3.8) is 0 Å². The van der Waals surface area contributed by atoms with Crippen LogP contribution in [-0.4, -0.2) is 59.5 Å². The number of amides is 2. The van der Waals surface area contributed by atoms with Gasteiger partial charge in [-0.05, 0) is 43.0 Å². The first-order chi connectivity index (χ1) is 14.2. The quantitative estimate of drug-likeness (QED) is 0.784. The maximum absolute atomic E-state index is 13.2. The van der Waals surface area contributed by atoms with E-state index in [9.17, 15) is 18.0 Å². The second kappa shape index (κ2) is 7.86. The number of hydrogen-bond acceptors (Lipinski definition) is 5. The molecular formula is C21H26N4O4S. The van der Waals surface area contributed by atoms with Crippen LogP contribution in [0.1, 0.15) is 48.7 Å². The van der Waals surface area contributed by atoms with Gasteiger partial charge in [-0.25, -0.2) is 13.1 Å². The monoisotopic (exact) mass is 430 g/mol. The fourth-order valence-corrected chi connectivity index (χ4v) is 4.64. The summed E-state index contributed by atoms with van der Waals surface area (Å²) in [6.07, 6.45) is 3.61. The third-order valence-corrected chi connectivity index (χ3v) is 7.13. The number of nitrogens with zero attached hydrogens (tertiary/aromatic N) is 3. The van der Waals surface area contributed by atoms with E-state index in [4.69, 9.17) is 0 Å². The molecule has 8 nitrogen and oxygen atoms in total. The zero-order valence-corrected chi connectivity index (χ0v) is 18.0. The van der Waals surface area contributed by atoms with E-state index in [1.165, 1.54) is 0 Å². The largest absolute Gasteiger partial charge is 0.337 e. The smallest absolute Gasteiger partial charge is 0.256 e. The van der Waals surface area contributed by atoms with Crippen LogP contribution >= 0.6 is 0 Å². The fourth-order valence-electron chi connectivity index (χ4n) is 3.44. The van der Waals surface area contributed by atoms with Crippen LogP contribution in [0.15, 0.2) is 30.5 Å². The van der Waals surface area contributed by atoms with Crippen molar-refractivity contribution < 1.29 is 18.0 Å². The third-order valence-electron chi connectivity index (χ3n) is 5.52. The maximum atomic E-state index is 13.2. The van der Waals surface area contributed by atoms with E-state index in [-0.39, 0.29) is 48.2 Å². The Kier molecular flexibility index (Phi) is 5.40. The van der Waals surface area contributed by atoms with Crippen LogP contribution in [0, 0.1) is 5.92 Å². The molecule has 2 aliphatic rings. The van der Waals surface area contributed by atoms with Crippen molar-refractivity contribution in [2.24, 2.45) is 5.92 Å². The molecule has 1 aliphatic carbocycles. The number of carbonyl (C=O) groups is 2. The van der Waals surface area contributed by atoms with Gasteiger partial charge in [0.15, 0.2) is 9.84 Å². The van der Waals surface area contributed by atoms with Gasteiger partial charge < -0.3 is 10.2 Å². The van der Waals surface area contributed by atoms with Crippen LogP contribution in [0.25, 0.3) is 5.69 Å². The molecular weight excluding hydrogens is 404 g/mol. The lowest BCUT2D eigenvalue weighted by molar-refractivity contribution is -0.117. The Morgan fingerprint density at radius 3 is 2.43 bits per heavy atom. The molecule has 1 saturated carbocycles. The molecule has 30 heavy (non-hydrogen) atoms. The lowest BCUT2D eigenvalue weighted by atomic mass is 10.1. The van der Waals surface area contributed by atoms with Gasteiger partial charge in [0.25, 0.3) is 5.91 Å². The van der Waals surface area contributed by atoms with Gasteiger partial charge in [0.05, 0.1) is 28.5 Å². The minimum atomic E-state index is -3.08. The summed E-state index contributed by atoms with van der Waals surface area (Å²) < 4.78 is 25.1. The molecule has 2 fully saturated rings. The first kappa shape index (κ1) is 20.6. The molecule has 1 aromatic carbocycles. The number of anilines is 1. The highest BCUT2D eigenvalue weighted by atomic mass is 32.2. The van der Waals surface area contributed by atoms with E-state index in [2.05, 4.69) is 10.4 Å². The van der Waals surface area contributed by atoms with Gasteiger partial charge in [-0.3, -0.25) is 9.59 Å². The molecule has 0 bridgehead atoms. The van der Waals surface area contributed by atoms with Gasteiger partial charge in [-0.1, -0.05) is 13.8 Å². The zero-order chi connectivity index (χ0) is 21.5. The molecule has 4 rings (SSSR count). The predicted octanol–water partition coefficient (Wildman–Crippen LogP) is 2.21. The van der Waals surface area contributed by atoms with Gasteiger partial charge in [-0.2, -0.15) is 5.10 Å². The molecule has 9 heteroatoms. The number of aromatic nitrogens is 2. The second-order valence-corrected chi connectivity index (χ2v) is 10.6. The highest BCUT2D eigenvalue weighted by Crippen LogP contribution is 2.31. The molecule has 1 N–H and O–H groups in total. The first-order valence-corrected chi connectivity index (χ1v) is 12.1. The molecule has 1 aliphatic heterocycles. The molecule has 0 atom stereocenters. The van der Waals surface area contributed by atoms with E-state index < -0.39 is 9.84 Å². The number of nitrogens with one attached hydrogen (secondary N) is 1. The van der Waals surface area contributed by atoms with Crippen molar-refractivity contribution >= 4 is 27.3 Å². The van der Waals surface area contributed by atoms with Crippen LogP contribution in [0.3, 0.4) is 0 Å². The van der Waals surface area contributed by atoms with Gasteiger partial charge in [-0.15, -0.1) is 0 Å². The average molecular weight is 431 g/mol. The second-order valence-electron chi connectivity index (χ2n) is 8.28. The summed E-state index contributed by atoms with van der Waals surface area (Å²) in [4.78, 5) is 26.9. The van der Waals surface area contributed by atoms with Crippen molar-refractivity contribution in [1.82, 2.24) is 14.7 Å². The third kappa shape index (κ3) is 4.40. The normalized spacial score (nSPS) is 18.4. The average Bonchev–Trinajstić information content (AvgIpc) is 3.44. The SMILES string of the molecule is CC(C)c1ccn(-c2cc(NC(=O)C3CC3)ccc2C(=O)N2CCS(=O)(=O)CC2)n1. The van der Waals surface area contributed by atoms with E-state index in [0.29, 0.717) is 16.9 Å². The summed E-state index contributed by atoms with van der Waals surface area (Å²) in [7, 11) is -3.08. The van der Waals surface area contributed by atoms with Crippen molar-refractivity contribution in [2.75, 3.05) is 29.9 Å². The summed E-state index contributed by atoms with van der Waals surface area (Å²) >= 11 is 0. The van der Waals surface area contributed by atoms with Crippen molar-refractivity contribution in [3.05, 3.63) is 41.7 Å². The van der Waals surface area contributed by atoms with Crippen LogP contribution in [0.5, 0.6) is 0 Å². The minimum absolute atomic E-state index is 0.00963. The van der Waals surface area contributed by atoms with E-state index in [0.717, 1.165) is 18.5 Å². The predicted molar refractivity (Wildman–Crippen MR) is 114 cm³/mol. The van der Waals surface area contributed by atoms with Gasteiger partial charge >= 0.3 is 0 Å². The summed E-state index contributed by atoms with van der Waals surface area (Å²) in [6, 6.07) is 7.05. The Morgan fingerprint density at radius 2 is 1.83 bits per heavy atom. The number of carbonyl (C=O) groups excluding carboxylic acids is 2. The number of benzene rings is 1. The van der Waals surface area contributed by atoms with Gasteiger partial charge in [0, 0.05) is 30.9 Å². The summed E-state index contributed by atoms with van der Waals surface area (Å²) in [6.45, 7) is 4.44. The Balaban J connectivity index is 1.67. The Hall–Kier alpha value is -2.68. The van der Waals surface area contributed by atoms with Crippen LogP contribution in [0.2, 0.25) is 0 Å². The summed E-state index contributed by atoms with van der Waals surface area (Å²) in [5.74, 6) is 0.00933. The van der Waals surface area contributed by atoms with Crippen molar-refractivity contribution in [3.8, 4) is 5.69 Å². The number of hydrogen-bond donors (Lipinski definition) is 1. The van der Waals surface area contributed by atoms with Gasteiger partial charge in [0.2, 0.25) is 5.91 Å². The number of rotatable bonds is 5. The highest BCUT2D eigenvalue weighted by molar-refractivity contribution is 7.91.